The number of hydrogen-bond donors (Lipinski definition) is 5. The lowest BCUT2D eigenvalue weighted by Gasteiger charge is -2.26. The highest BCUT2D eigenvalue weighted by Gasteiger charge is 2.47. The van der Waals surface area contributed by atoms with Gasteiger partial charge in [-0.15, -0.1) is 0 Å². The van der Waals surface area contributed by atoms with Crippen molar-refractivity contribution in [3.63, 3.8) is 0 Å². The lowest BCUT2D eigenvalue weighted by Crippen LogP contribution is -2.50. The van der Waals surface area contributed by atoms with E-state index in [-0.39, 0.29) is 19.6 Å². The van der Waals surface area contributed by atoms with Gasteiger partial charge in [-0.05, 0) is 19.4 Å². The summed E-state index contributed by atoms with van der Waals surface area (Å²) in [5.41, 5.74) is 0. The molecule has 0 saturated carbocycles. The first-order chi connectivity index (χ1) is 7.96. The maximum Gasteiger partial charge on any atom is 0.303 e. The van der Waals surface area contributed by atoms with Crippen LogP contribution in [0.3, 0.4) is 0 Å². The molecule has 0 radical (unpaired) electrons. The number of hydrogen-bond acceptors (Lipinski definition) is 6. The fourth-order valence-corrected chi connectivity index (χ4v) is 1.66. The van der Waals surface area contributed by atoms with Crippen LogP contribution in [-0.2, 0) is 9.53 Å². The minimum absolute atomic E-state index is 0.00169. The summed E-state index contributed by atoms with van der Waals surface area (Å²) in [5, 5.41) is 39.7. The fraction of sp³-hybridized carbons (Fsp3) is 0.900. The normalized spacial score (nSPS) is 32.9. The average molecular weight is 249 g/mol. The maximum absolute atomic E-state index is 10.2. The van der Waals surface area contributed by atoms with Gasteiger partial charge in [0.25, 0.3) is 0 Å². The third kappa shape index (κ3) is 4.21. The minimum Gasteiger partial charge on any atom is -0.481 e. The molecule has 1 fully saturated rings. The maximum atomic E-state index is 10.2. The number of carboxylic acids is 1. The first-order valence-corrected chi connectivity index (χ1v) is 5.61. The Labute approximate surface area is 99.0 Å². The van der Waals surface area contributed by atoms with Crippen LogP contribution >= 0.6 is 0 Å². The van der Waals surface area contributed by atoms with Crippen LogP contribution < -0.4 is 5.32 Å². The van der Waals surface area contributed by atoms with Crippen LogP contribution in [0.4, 0.5) is 0 Å². The third-order valence-corrected chi connectivity index (χ3v) is 2.70. The van der Waals surface area contributed by atoms with Gasteiger partial charge in [-0.1, -0.05) is 0 Å². The summed E-state index contributed by atoms with van der Waals surface area (Å²) >= 11 is 0. The molecule has 100 valence electrons. The zero-order valence-electron chi connectivity index (χ0n) is 9.50. The highest BCUT2D eigenvalue weighted by molar-refractivity contribution is 5.66. The molecule has 0 aromatic rings. The second-order valence-electron chi connectivity index (χ2n) is 4.20. The molecule has 1 rings (SSSR count). The molecule has 0 aromatic heterocycles. The summed E-state index contributed by atoms with van der Waals surface area (Å²) in [5.74, 6) is -2.59. The van der Waals surface area contributed by atoms with E-state index in [0.717, 1.165) is 0 Å². The highest BCUT2D eigenvalue weighted by Crippen LogP contribution is 2.22. The van der Waals surface area contributed by atoms with Gasteiger partial charge in [-0.25, -0.2) is 0 Å². The molecule has 0 bridgehead atoms. The van der Waals surface area contributed by atoms with Crippen LogP contribution in [0.1, 0.15) is 19.3 Å². The van der Waals surface area contributed by atoms with Crippen molar-refractivity contribution in [2.24, 2.45) is 0 Å². The molecule has 1 aliphatic heterocycles. The second kappa shape index (κ2) is 6.27. The van der Waals surface area contributed by atoms with Crippen molar-refractivity contribution in [3.8, 4) is 0 Å². The topological polar surface area (TPSA) is 119 Å². The Morgan fingerprint density at radius 3 is 2.65 bits per heavy atom. The van der Waals surface area contributed by atoms with Gasteiger partial charge in [0, 0.05) is 6.42 Å². The predicted molar refractivity (Wildman–Crippen MR) is 57.3 cm³/mol. The second-order valence-corrected chi connectivity index (χ2v) is 4.20. The fourth-order valence-electron chi connectivity index (χ4n) is 1.66. The Kier molecular flexibility index (Phi) is 5.29. The standard InChI is InChI=1S/C10H19NO6/c12-7-5-17-10(16,9(7)15)6-11-4-2-1-3-8(13)14/h7,9,11-12,15-16H,1-6H2,(H,13,14)/t7-,9-,10?/m1/s1. The van der Waals surface area contributed by atoms with E-state index < -0.39 is 24.0 Å². The van der Waals surface area contributed by atoms with Gasteiger partial charge in [0.05, 0.1) is 13.2 Å². The van der Waals surface area contributed by atoms with Crippen molar-refractivity contribution in [3.05, 3.63) is 0 Å². The number of aliphatic hydroxyl groups is 3. The zero-order chi connectivity index (χ0) is 12.9. The van der Waals surface area contributed by atoms with Crippen LogP contribution in [0, 0.1) is 0 Å². The van der Waals surface area contributed by atoms with E-state index >= 15 is 0 Å². The minimum atomic E-state index is -1.76. The summed E-state index contributed by atoms with van der Waals surface area (Å²) in [6.45, 7) is 0.415. The Morgan fingerprint density at radius 2 is 2.12 bits per heavy atom. The van der Waals surface area contributed by atoms with Crippen LogP contribution in [0.5, 0.6) is 0 Å². The molecule has 1 unspecified atom stereocenters. The number of ether oxygens (including phenoxy) is 1. The first-order valence-electron chi connectivity index (χ1n) is 5.61. The molecule has 0 spiro atoms. The van der Waals surface area contributed by atoms with Gasteiger partial charge in [0.2, 0.25) is 5.79 Å². The zero-order valence-corrected chi connectivity index (χ0v) is 9.50. The molecule has 7 heteroatoms. The third-order valence-electron chi connectivity index (χ3n) is 2.70. The number of carboxylic acid groups (broad SMARTS) is 1. The Morgan fingerprint density at radius 1 is 1.41 bits per heavy atom. The van der Waals surface area contributed by atoms with Crippen molar-refractivity contribution in [2.45, 2.75) is 37.3 Å². The van der Waals surface area contributed by atoms with Gasteiger partial charge >= 0.3 is 5.97 Å². The number of nitrogens with one attached hydrogen (secondary N) is 1. The van der Waals surface area contributed by atoms with Crippen LogP contribution in [0.2, 0.25) is 0 Å². The van der Waals surface area contributed by atoms with E-state index in [0.29, 0.717) is 19.4 Å². The molecule has 0 aromatic carbocycles. The van der Waals surface area contributed by atoms with E-state index in [4.69, 9.17) is 9.84 Å². The Hall–Kier alpha value is -0.730. The average Bonchev–Trinajstić information content (AvgIpc) is 2.52. The van der Waals surface area contributed by atoms with E-state index in [9.17, 15) is 20.1 Å². The largest absolute Gasteiger partial charge is 0.481 e. The molecule has 0 aliphatic carbocycles. The number of carbonyl (C=O) groups is 1. The molecule has 1 aliphatic rings. The van der Waals surface area contributed by atoms with Crippen molar-refractivity contribution in [1.82, 2.24) is 5.32 Å². The van der Waals surface area contributed by atoms with E-state index in [2.05, 4.69) is 5.32 Å². The molecule has 0 amide bonds. The summed E-state index contributed by atoms with van der Waals surface area (Å²) < 4.78 is 4.91. The lowest BCUT2D eigenvalue weighted by atomic mass is 10.1. The molecule has 1 saturated heterocycles. The molecular formula is C10H19NO6. The molecule has 1 heterocycles. The van der Waals surface area contributed by atoms with Crippen molar-refractivity contribution in [2.75, 3.05) is 19.7 Å². The van der Waals surface area contributed by atoms with Crippen LogP contribution in [0.25, 0.3) is 0 Å². The molecule has 5 N–H and O–H groups in total. The van der Waals surface area contributed by atoms with Crippen molar-refractivity contribution >= 4 is 5.97 Å². The summed E-state index contributed by atoms with van der Waals surface area (Å²) in [6.07, 6.45) is -1.08. The Bertz CT molecular complexity index is 261. The quantitative estimate of drug-likeness (QED) is 0.340. The summed E-state index contributed by atoms with van der Waals surface area (Å²) in [7, 11) is 0. The van der Waals surface area contributed by atoms with Gasteiger partial charge in [-0.3, -0.25) is 4.79 Å². The summed E-state index contributed by atoms with van der Waals surface area (Å²) in [4.78, 5) is 10.2. The van der Waals surface area contributed by atoms with Crippen LogP contribution in [-0.4, -0.2) is 64.1 Å². The highest BCUT2D eigenvalue weighted by atomic mass is 16.7. The molecule has 7 nitrogen and oxygen atoms in total. The molecular weight excluding hydrogens is 230 g/mol. The first kappa shape index (κ1) is 14.3. The molecule has 17 heavy (non-hydrogen) atoms. The smallest absolute Gasteiger partial charge is 0.303 e. The van der Waals surface area contributed by atoms with Crippen molar-refractivity contribution < 1.29 is 30.0 Å². The summed E-state index contributed by atoms with van der Waals surface area (Å²) in [6, 6.07) is 0. The number of aliphatic carboxylic acids is 1. The molecule has 3 atom stereocenters. The van der Waals surface area contributed by atoms with E-state index in [1.807, 2.05) is 0 Å². The van der Waals surface area contributed by atoms with Crippen LogP contribution in [0.15, 0.2) is 0 Å². The lowest BCUT2D eigenvalue weighted by molar-refractivity contribution is -0.211. The van der Waals surface area contributed by atoms with Crippen molar-refractivity contribution in [1.29, 1.82) is 0 Å². The van der Waals surface area contributed by atoms with Gasteiger partial charge in [0.15, 0.2) is 0 Å². The van der Waals surface area contributed by atoms with E-state index in [1.165, 1.54) is 0 Å². The monoisotopic (exact) mass is 249 g/mol. The SMILES string of the molecule is O=C(O)CCCCNCC1(O)OC[C@@H](O)[C@H]1O. The number of unbranched alkanes of at least 4 members (excludes halogenated alkanes) is 1. The van der Waals surface area contributed by atoms with Gasteiger partial charge in [0.1, 0.15) is 12.2 Å². The van der Waals surface area contributed by atoms with E-state index in [1.54, 1.807) is 0 Å². The number of aliphatic hydroxyl groups excluding tert-OH is 2. The van der Waals surface area contributed by atoms with Gasteiger partial charge in [-0.2, -0.15) is 0 Å². The predicted octanol–water partition coefficient (Wildman–Crippen LogP) is -1.73. The van der Waals surface area contributed by atoms with Gasteiger partial charge < -0.3 is 30.5 Å². The Balaban J connectivity index is 2.12. The number of rotatable bonds is 7.